The van der Waals surface area contributed by atoms with E-state index < -0.39 is 0 Å². The Bertz CT molecular complexity index is 344. The topological polar surface area (TPSA) is 42.1 Å². The third kappa shape index (κ3) is 4.92. The zero-order chi connectivity index (χ0) is 14.1. The normalized spacial score (nSPS) is 12.9. The van der Waals surface area contributed by atoms with Crippen LogP contribution in [0.4, 0.5) is 0 Å². The molecule has 0 saturated carbocycles. The zero-order valence-electron chi connectivity index (χ0n) is 12.7. The molecule has 0 aromatic carbocycles. The van der Waals surface area contributed by atoms with Crippen LogP contribution in [0.3, 0.4) is 0 Å². The Morgan fingerprint density at radius 3 is 2.32 bits per heavy atom. The van der Waals surface area contributed by atoms with Gasteiger partial charge in [-0.2, -0.15) is 0 Å². The van der Waals surface area contributed by atoms with Crippen LogP contribution in [0.1, 0.15) is 56.7 Å². The number of hydrogen-bond acceptors (Lipinski definition) is 3. The minimum atomic E-state index is 0.312. The van der Waals surface area contributed by atoms with Crippen LogP contribution in [0.5, 0.6) is 0 Å². The SMILES string of the molecule is CCCCN(CCCC)C(CN)c1cnccc1C. The van der Waals surface area contributed by atoms with Crippen molar-refractivity contribution in [2.75, 3.05) is 19.6 Å². The number of nitrogens with two attached hydrogens (primary N) is 1. The molecule has 1 aromatic heterocycles. The van der Waals surface area contributed by atoms with Crippen molar-refractivity contribution in [2.45, 2.75) is 52.5 Å². The Hall–Kier alpha value is -0.930. The van der Waals surface area contributed by atoms with Crippen molar-refractivity contribution in [2.24, 2.45) is 5.73 Å². The Morgan fingerprint density at radius 2 is 1.84 bits per heavy atom. The molecule has 0 aliphatic carbocycles. The molecule has 1 heterocycles. The summed E-state index contributed by atoms with van der Waals surface area (Å²) in [5.41, 5.74) is 8.63. The van der Waals surface area contributed by atoms with Crippen LogP contribution in [-0.4, -0.2) is 29.5 Å². The zero-order valence-corrected chi connectivity index (χ0v) is 12.7. The van der Waals surface area contributed by atoms with E-state index in [0.717, 1.165) is 13.1 Å². The molecule has 0 aliphatic heterocycles. The van der Waals surface area contributed by atoms with E-state index in [4.69, 9.17) is 5.73 Å². The minimum Gasteiger partial charge on any atom is -0.329 e. The molecule has 1 atom stereocenters. The third-order valence-electron chi connectivity index (χ3n) is 3.70. The van der Waals surface area contributed by atoms with Gasteiger partial charge in [-0.1, -0.05) is 26.7 Å². The number of hydrogen-bond donors (Lipinski definition) is 1. The van der Waals surface area contributed by atoms with E-state index in [0.29, 0.717) is 12.6 Å². The molecule has 2 N–H and O–H groups in total. The summed E-state index contributed by atoms with van der Waals surface area (Å²) in [6.45, 7) is 9.56. The number of aryl methyl sites for hydroxylation is 1. The van der Waals surface area contributed by atoms with Gasteiger partial charge >= 0.3 is 0 Å². The fourth-order valence-corrected chi connectivity index (χ4v) is 2.44. The maximum absolute atomic E-state index is 6.05. The van der Waals surface area contributed by atoms with Gasteiger partial charge in [-0.05, 0) is 50.0 Å². The number of unbranched alkanes of at least 4 members (excludes halogenated alkanes) is 2. The molecule has 0 spiro atoms. The van der Waals surface area contributed by atoms with Crippen molar-refractivity contribution >= 4 is 0 Å². The van der Waals surface area contributed by atoms with Gasteiger partial charge in [0, 0.05) is 25.0 Å². The first-order valence-electron chi connectivity index (χ1n) is 7.59. The van der Waals surface area contributed by atoms with Gasteiger partial charge < -0.3 is 5.73 Å². The Kier molecular flexibility index (Phi) is 7.68. The Morgan fingerprint density at radius 1 is 1.21 bits per heavy atom. The number of nitrogens with zero attached hydrogens (tertiary/aromatic N) is 2. The highest BCUT2D eigenvalue weighted by atomic mass is 15.2. The lowest BCUT2D eigenvalue weighted by Gasteiger charge is -2.32. The molecule has 0 radical (unpaired) electrons. The predicted octanol–water partition coefficient (Wildman–Crippen LogP) is 3.29. The predicted molar refractivity (Wildman–Crippen MR) is 82.2 cm³/mol. The molecule has 108 valence electrons. The van der Waals surface area contributed by atoms with Crippen LogP contribution in [0, 0.1) is 6.92 Å². The van der Waals surface area contributed by atoms with E-state index in [1.54, 1.807) is 0 Å². The summed E-state index contributed by atoms with van der Waals surface area (Å²) < 4.78 is 0. The van der Waals surface area contributed by atoms with Gasteiger partial charge in [0.2, 0.25) is 0 Å². The van der Waals surface area contributed by atoms with Crippen molar-refractivity contribution in [1.82, 2.24) is 9.88 Å². The lowest BCUT2D eigenvalue weighted by molar-refractivity contribution is 0.194. The molecule has 3 heteroatoms. The van der Waals surface area contributed by atoms with E-state index in [1.807, 2.05) is 12.4 Å². The molecule has 0 saturated heterocycles. The highest BCUT2D eigenvalue weighted by Crippen LogP contribution is 2.23. The standard InChI is InChI=1S/C16H29N3/c1-4-6-10-19(11-7-5-2)16(12-17)15-13-18-9-8-14(15)3/h8-9,13,16H,4-7,10-12,17H2,1-3H3. The highest BCUT2D eigenvalue weighted by Gasteiger charge is 2.19. The quantitative estimate of drug-likeness (QED) is 0.743. The first-order chi connectivity index (χ1) is 9.24. The molecule has 0 amide bonds. The Balaban J connectivity index is 2.85. The minimum absolute atomic E-state index is 0.312. The third-order valence-corrected chi connectivity index (χ3v) is 3.70. The smallest absolute Gasteiger partial charge is 0.0488 e. The second kappa shape index (κ2) is 9.05. The summed E-state index contributed by atoms with van der Waals surface area (Å²) in [6, 6.07) is 2.39. The van der Waals surface area contributed by atoms with Crippen LogP contribution in [-0.2, 0) is 0 Å². The van der Waals surface area contributed by atoms with Gasteiger partial charge in [-0.25, -0.2) is 0 Å². The fourth-order valence-electron chi connectivity index (χ4n) is 2.44. The first-order valence-corrected chi connectivity index (χ1v) is 7.59. The van der Waals surface area contributed by atoms with Crippen LogP contribution >= 0.6 is 0 Å². The van der Waals surface area contributed by atoms with E-state index >= 15 is 0 Å². The summed E-state index contributed by atoms with van der Waals surface area (Å²) in [7, 11) is 0. The second-order valence-electron chi connectivity index (χ2n) is 5.23. The van der Waals surface area contributed by atoms with Gasteiger partial charge in [-0.3, -0.25) is 9.88 Å². The van der Waals surface area contributed by atoms with E-state index in [2.05, 4.69) is 36.7 Å². The highest BCUT2D eigenvalue weighted by molar-refractivity contribution is 5.25. The molecule has 1 rings (SSSR count). The summed E-state index contributed by atoms with van der Waals surface area (Å²) in [5.74, 6) is 0. The largest absolute Gasteiger partial charge is 0.329 e. The lowest BCUT2D eigenvalue weighted by Crippen LogP contribution is -2.35. The van der Waals surface area contributed by atoms with Gasteiger partial charge in [0.15, 0.2) is 0 Å². The molecule has 1 unspecified atom stereocenters. The average molecular weight is 263 g/mol. The Labute approximate surface area is 118 Å². The number of aromatic nitrogens is 1. The van der Waals surface area contributed by atoms with Crippen molar-refractivity contribution in [3.8, 4) is 0 Å². The number of rotatable bonds is 9. The van der Waals surface area contributed by atoms with Gasteiger partial charge in [0.25, 0.3) is 0 Å². The van der Waals surface area contributed by atoms with Crippen LogP contribution < -0.4 is 5.73 Å². The summed E-state index contributed by atoms with van der Waals surface area (Å²) >= 11 is 0. The molecule has 3 nitrogen and oxygen atoms in total. The van der Waals surface area contributed by atoms with Crippen LogP contribution in [0.15, 0.2) is 18.5 Å². The second-order valence-corrected chi connectivity index (χ2v) is 5.23. The molecular formula is C16H29N3. The molecule has 0 bridgehead atoms. The number of pyridine rings is 1. The van der Waals surface area contributed by atoms with E-state index in [1.165, 1.54) is 36.8 Å². The van der Waals surface area contributed by atoms with Crippen molar-refractivity contribution in [1.29, 1.82) is 0 Å². The van der Waals surface area contributed by atoms with Gasteiger partial charge in [-0.15, -0.1) is 0 Å². The van der Waals surface area contributed by atoms with Crippen LogP contribution in [0.2, 0.25) is 0 Å². The van der Waals surface area contributed by atoms with Gasteiger partial charge in [0.05, 0.1) is 0 Å². The summed E-state index contributed by atoms with van der Waals surface area (Å²) in [6.07, 6.45) is 8.77. The molecule has 19 heavy (non-hydrogen) atoms. The van der Waals surface area contributed by atoms with Crippen LogP contribution in [0.25, 0.3) is 0 Å². The summed E-state index contributed by atoms with van der Waals surface area (Å²) in [4.78, 5) is 6.81. The van der Waals surface area contributed by atoms with E-state index in [-0.39, 0.29) is 0 Å². The van der Waals surface area contributed by atoms with E-state index in [9.17, 15) is 0 Å². The summed E-state index contributed by atoms with van der Waals surface area (Å²) in [5, 5.41) is 0. The molecular weight excluding hydrogens is 234 g/mol. The van der Waals surface area contributed by atoms with Crippen molar-refractivity contribution in [3.05, 3.63) is 29.6 Å². The lowest BCUT2D eigenvalue weighted by atomic mass is 10.0. The van der Waals surface area contributed by atoms with Gasteiger partial charge in [0.1, 0.15) is 0 Å². The first kappa shape index (κ1) is 16.1. The molecule has 0 fully saturated rings. The average Bonchev–Trinajstić information content (AvgIpc) is 2.43. The van der Waals surface area contributed by atoms with Crippen molar-refractivity contribution < 1.29 is 0 Å². The van der Waals surface area contributed by atoms with Crippen molar-refractivity contribution in [3.63, 3.8) is 0 Å². The molecule has 1 aromatic rings. The molecule has 0 aliphatic rings. The maximum Gasteiger partial charge on any atom is 0.0488 e. The fraction of sp³-hybridized carbons (Fsp3) is 0.688. The monoisotopic (exact) mass is 263 g/mol. The maximum atomic E-state index is 6.05.